The summed E-state index contributed by atoms with van der Waals surface area (Å²) in [6.45, 7) is 7.08. The molecule has 0 aromatic heterocycles. The third-order valence-electron chi connectivity index (χ3n) is 4.61. The average molecular weight is 320 g/mol. The number of hydrogen-bond donors (Lipinski definition) is 0. The summed E-state index contributed by atoms with van der Waals surface area (Å²) in [6.07, 6.45) is 7.41. The van der Waals surface area contributed by atoms with Crippen LogP contribution >= 0.6 is 22.6 Å². The molecule has 2 aliphatic rings. The van der Waals surface area contributed by atoms with Gasteiger partial charge in [0.1, 0.15) is 0 Å². The maximum Gasteiger partial charge on any atom is 0.0174 e. The second kappa shape index (κ2) is 4.93. The number of rotatable bonds is 5. The molecule has 1 heteroatoms. The van der Waals surface area contributed by atoms with Gasteiger partial charge in [-0.1, -0.05) is 56.2 Å². The van der Waals surface area contributed by atoms with E-state index in [1.54, 1.807) is 6.42 Å². The van der Waals surface area contributed by atoms with E-state index in [4.69, 9.17) is 0 Å². The Morgan fingerprint density at radius 1 is 1.33 bits per heavy atom. The van der Waals surface area contributed by atoms with Crippen LogP contribution in [0, 0.1) is 29.6 Å². The summed E-state index contributed by atoms with van der Waals surface area (Å²) >= 11 is 2.75. The van der Waals surface area contributed by atoms with Crippen molar-refractivity contribution in [2.75, 3.05) is 0 Å². The van der Waals surface area contributed by atoms with E-state index in [1.165, 1.54) is 25.7 Å². The van der Waals surface area contributed by atoms with Crippen LogP contribution in [0.5, 0.6) is 0 Å². The van der Waals surface area contributed by atoms with E-state index in [9.17, 15) is 0 Å². The first-order valence-electron chi connectivity index (χ1n) is 6.79. The second-order valence-corrected chi connectivity index (χ2v) is 7.56. The van der Waals surface area contributed by atoms with Gasteiger partial charge in [-0.25, -0.2) is 0 Å². The number of fused-ring (bicyclic) bond motifs is 1. The molecule has 0 saturated heterocycles. The van der Waals surface area contributed by atoms with Crippen LogP contribution in [0.15, 0.2) is 0 Å². The average Bonchev–Trinajstić information content (AvgIpc) is 2.13. The Hall–Kier alpha value is 0.730. The van der Waals surface area contributed by atoms with Gasteiger partial charge in [0.2, 0.25) is 0 Å². The van der Waals surface area contributed by atoms with Gasteiger partial charge in [0.05, 0.1) is 0 Å². The summed E-state index contributed by atoms with van der Waals surface area (Å²) < 4.78 is 1.02. The Balaban J connectivity index is 1.76. The van der Waals surface area contributed by atoms with Gasteiger partial charge in [-0.2, -0.15) is 0 Å². The van der Waals surface area contributed by atoms with Gasteiger partial charge < -0.3 is 0 Å². The molecule has 4 unspecified atom stereocenters. The fourth-order valence-corrected chi connectivity index (χ4v) is 5.84. The summed E-state index contributed by atoms with van der Waals surface area (Å²) in [5.74, 6) is 5.36. The molecule has 2 fully saturated rings. The van der Waals surface area contributed by atoms with Crippen molar-refractivity contribution in [3.63, 3.8) is 0 Å². The summed E-state index contributed by atoms with van der Waals surface area (Å²) in [4.78, 5) is 0. The van der Waals surface area contributed by atoms with Crippen molar-refractivity contribution in [3.05, 3.63) is 0 Å². The van der Waals surface area contributed by atoms with Crippen molar-refractivity contribution in [1.82, 2.24) is 0 Å². The highest BCUT2D eigenvalue weighted by Crippen LogP contribution is 2.63. The third kappa shape index (κ3) is 2.23. The van der Waals surface area contributed by atoms with E-state index in [2.05, 4.69) is 43.4 Å². The first-order chi connectivity index (χ1) is 7.15. The Morgan fingerprint density at radius 2 is 2.07 bits per heavy atom. The topological polar surface area (TPSA) is 0 Å². The van der Waals surface area contributed by atoms with Crippen molar-refractivity contribution < 1.29 is 0 Å². The first-order valence-corrected chi connectivity index (χ1v) is 8.03. The molecule has 0 aliphatic heterocycles. The third-order valence-corrected chi connectivity index (χ3v) is 6.36. The lowest BCUT2D eigenvalue weighted by Gasteiger charge is -2.63. The quantitative estimate of drug-likeness (QED) is 0.499. The van der Waals surface area contributed by atoms with Gasteiger partial charge in [-0.3, -0.25) is 0 Å². The van der Waals surface area contributed by atoms with Crippen molar-refractivity contribution in [1.29, 1.82) is 0 Å². The summed E-state index contributed by atoms with van der Waals surface area (Å²) in [5.41, 5.74) is 0. The zero-order valence-corrected chi connectivity index (χ0v) is 12.5. The predicted octanol–water partition coefficient (Wildman–Crippen LogP) is 4.91. The maximum absolute atomic E-state index is 2.75. The van der Waals surface area contributed by atoms with E-state index in [0.717, 1.165) is 33.5 Å². The minimum absolute atomic E-state index is 0.911. The minimum atomic E-state index is 0.911. The molecule has 88 valence electrons. The molecular formula is C14H25I. The Kier molecular flexibility index (Phi) is 4.01. The summed E-state index contributed by atoms with van der Waals surface area (Å²) in [6, 6.07) is 0. The maximum atomic E-state index is 2.75. The van der Waals surface area contributed by atoms with Crippen LogP contribution in [-0.2, 0) is 0 Å². The standard InChI is InChI=1S/C14H25I/c1-4-5-6-11-12-8-10(7-9(2)3)13(12)14(11)15/h9-14H,4-8H2,1-3H3/t10?,11?,12?,13?,14-/m0/s1. The van der Waals surface area contributed by atoms with Crippen LogP contribution < -0.4 is 0 Å². The van der Waals surface area contributed by atoms with Crippen LogP contribution in [0.3, 0.4) is 0 Å². The molecule has 0 amide bonds. The Labute approximate surface area is 109 Å². The first kappa shape index (κ1) is 12.2. The molecule has 0 aromatic rings. The molecule has 2 aliphatic carbocycles. The van der Waals surface area contributed by atoms with E-state index in [1.807, 2.05) is 0 Å². The SMILES string of the molecule is CCCCC1C2CC(CC(C)C)C2[C@H]1I. The monoisotopic (exact) mass is 320 g/mol. The molecule has 0 aromatic carbocycles. The number of halogens is 1. The van der Waals surface area contributed by atoms with E-state index in [-0.39, 0.29) is 0 Å². The fraction of sp³-hybridized carbons (Fsp3) is 1.00. The second-order valence-electron chi connectivity index (χ2n) is 6.12. The zero-order valence-electron chi connectivity index (χ0n) is 10.4. The predicted molar refractivity (Wildman–Crippen MR) is 75.4 cm³/mol. The lowest BCUT2D eigenvalue weighted by molar-refractivity contribution is -0.0828. The molecule has 5 atom stereocenters. The van der Waals surface area contributed by atoms with Gasteiger partial charge >= 0.3 is 0 Å². The van der Waals surface area contributed by atoms with Crippen LogP contribution in [0.4, 0.5) is 0 Å². The molecule has 2 saturated carbocycles. The number of hydrogen-bond acceptors (Lipinski definition) is 0. The summed E-state index contributed by atoms with van der Waals surface area (Å²) in [7, 11) is 0. The molecule has 0 bridgehead atoms. The van der Waals surface area contributed by atoms with Crippen molar-refractivity contribution >= 4 is 22.6 Å². The van der Waals surface area contributed by atoms with Gasteiger partial charge in [0.25, 0.3) is 0 Å². The van der Waals surface area contributed by atoms with E-state index < -0.39 is 0 Å². The van der Waals surface area contributed by atoms with E-state index >= 15 is 0 Å². The molecule has 0 spiro atoms. The lowest BCUT2D eigenvalue weighted by Crippen LogP contribution is -2.59. The van der Waals surface area contributed by atoms with E-state index in [0.29, 0.717) is 0 Å². The highest BCUT2D eigenvalue weighted by atomic mass is 127. The minimum Gasteiger partial charge on any atom is -0.0820 e. The highest BCUT2D eigenvalue weighted by molar-refractivity contribution is 14.1. The van der Waals surface area contributed by atoms with Crippen molar-refractivity contribution in [2.45, 2.75) is 56.8 Å². The lowest BCUT2D eigenvalue weighted by atomic mass is 9.46. The van der Waals surface area contributed by atoms with Crippen LogP contribution in [0.25, 0.3) is 0 Å². The van der Waals surface area contributed by atoms with Crippen LogP contribution in [0.2, 0.25) is 0 Å². The fourth-order valence-electron chi connectivity index (χ4n) is 3.82. The van der Waals surface area contributed by atoms with Gasteiger partial charge in [-0.05, 0) is 48.9 Å². The molecule has 0 nitrogen and oxygen atoms in total. The number of unbranched alkanes of at least 4 members (excludes halogenated alkanes) is 1. The summed E-state index contributed by atoms with van der Waals surface area (Å²) in [5, 5.41) is 0. The van der Waals surface area contributed by atoms with Crippen molar-refractivity contribution in [2.24, 2.45) is 29.6 Å². The van der Waals surface area contributed by atoms with Gasteiger partial charge in [0.15, 0.2) is 0 Å². The molecule has 2 rings (SSSR count). The largest absolute Gasteiger partial charge is 0.0820 e. The van der Waals surface area contributed by atoms with Crippen molar-refractivity contribution in [3.8, 4) is 0 Å². The molecule has 0 radical (unpaired) electrons. The number of alkyl halides is 1. The Morgan fingerprint density at radius 3 is 2.60 bits per heavy atom. The van der Waals surface area contributed by atoms with Crippen LogP contribution in [-0.4, -0.2) is 3.92 Å². The van der Waals surface area contributed by atoms with Gasteiger partial charge in [0, 0.05) is 3.92 Å². The molecule has 15 heavy (non-hydrogen) atoms. The molecule has 0 heterocycles. The Bertz CT molecular complexity index is 205. The van der Waals surface area contributed by atoms with Gasteiger partial charge in [-0.15, -0.1) is 0 Å². The smallest absolute Gasteiger partial charge is 0.0174 e. The normalized spacial score (nSPS) is 43.4. The highest BCUT2D eigenvalue weighted by Gasteiger charge is 2.58. The van der Waals surface area contributed by atoms with Crippen LogP contribution in [0.1, 0.15) is 52.9 Å². The molecular weight excluding hydrogens is 295 g/mol. The zero-order chi connectivity index (χ0) is 11.0. The molecule has 0 N–H and O–H groups in total.